The lowest BCUT2D eigenvalue weighted by molar-refractivity contribution is 0.102. The zero-order chi connectivity index (χ0) is 19.2. The van der Waals surface area contributed by atoms with Gasteiger partial charge in [-0.3, -0.25) is 9.78 Å². The third-order valence-electron chi connectivity index (χ3n) is 3.82. The number of benzene rings is 2. The highest BCUT2D eigenvalue weighted by atomic mass is 16.5. The molecule has 5 nitrogen and oxygen atoms in total. The van der Waals surface area contributed by atoms with E-state index >= 15 is 0 Å². The molecule has 5 heteroatoms. The topological polar surface area (TPSA) is 63.2 Å². The second-order valence-electron chi connectivity index (χ2n) is 6.60. The lowest BCUT2D eigenvalue weighted by Gasteiger charge is -2.11. The summed E-state index contributed by atoms with van der Waals surface area (Å²) in [6.45, 7) is 5.99. The number of nitrogens with one attached hydrogen (secondary N) is 2. The fraction of sp³-hybridized carbons (Fsp3) is 0.182. The minimum atomic E-state index is -0.198. The van der Waals surface area contributed by atoms with Crippen LogP contribution in [-0.2, 0) is 0 Å². The SMILES string of the molecule is Cc1ccc(NC(=O)c2cncc(Nc3ccc(OC(C)C)cc3)c2)cc1. The molecule has 27 heavy (non-hydrogen) atoms. The Morgan fingerprint density at radius 1 is 0.926 bits per heavy atom. The molecule has 0 aliphatic heterocycles. The summed E-state index contributed by atoms with van der Waals surface area (Å²) in [7, 11) is 0. The van der Waals surface area contributed by atoms with Crippen LogP contribution in [0.4, 0.5) is 17.1 Å². The Morgan fingerprint density at radius 2 is 1.59 bits per heavy atom. The monoisotopic (exact) mass is 361 g/mol. The lowest BCUT2D eigenvalue weighted by Crippen LogP contribution is -2.12. The van der Waals surface area contributed by atoms with Gasteiger partial charge in [0.05, 0.1) is 23.6 Å². The van der Waals surface area contributed by atoms with Crippen LogP contribution in [0.3, 0.4) is 0 Å². The van der Waals surface area contributed by atoms with Crippen LogP contribution < -0.4 is 15.4 Å². The molecular weight excluding hydrogens is 338 g/mol. The van der Waals surface area contributed by atoms with Gasteiger partial charge in [-0.05, 0) is 63.2 Å². The predicted molar refractivity (Wildman–Crippen MR) is 109 cm³/mol. The van der Waals surface area contributed by atoms with Crippen molar-refractivity contribution in [1.29, 1.82) is 0 Å². The number of nitrogens with zero attached hydrogens (tertiary/aromatic N) is 1. The van der Waals surface area contributed by atoms with Crippen LogP contribution in [0.15, 0.2) is 67.0 Å². The molecule has 0 spiro atoms. The molecule has 1 aromatic heterocycles. The molecule has 1 amide bonds. The number of aryl methyl sites for hydroxylation is 1. The lowest BCUT2D eigenvalue weighted by atomic mass is 10.2. The number of carbonyl (C=O) groups is 1. The van der Waals surface area contributed by atoms with Gasteiger partial charge in [0, 0.05) is 17.6 Å². The minimum absolute atomic E-state index is 0.136. The molecule has 0 unspecified atom stereocenters. The number of amides is 1. The van der Waals surface area contributed by atoms with Gasteiger partial charge in [0.15, 0.2) is 0 Å². The molecule has 3 aromatic rings. The van der Waals surface area contributed by atoms with Crippen LogP contribution in [0.1, 0.15) is 29.8 Å². The van der Waals surface area contributed by atoms with Crippen molar-refractivity contribution in [3.63, 3.8) is 0 Å². The number of aromatic nitrogens is 1. The second kappa shape index (κ2) is 8.36. The number of rotatable bonds is 6. The zero-order valence-corrected chi connectivity index (χ0v) is 15.7. The first-order valence-electron chi connectivity index (χ1n) is 8.86. The average molecular weight is 361 g/mol. The molecule has 2 N–H and O–H groups in total. The van der Waals surface area contributed by atoms with E-state index < -0.39 is 0 Å². The van der Waals surface area contributed by atoms with Crippen molar-refractivity contribution in [2.24, 2.45) is 0 Å². The minimum Gasteiger partial charge on any atom is -0.491 e. The van der Waals surface area contributed by atoms with E-state index in [0.717, 1.165) is 28.4 Å². The number of pyridine rings is 1. The number of carbonyl (C=O) groups excluding carboxylic acids is 1. The average Bonchev–Trinajstić information content (AvgIpc) is 2.65. The zero-order valence-electron chi connectivity index (χ0n) is 15.7. The van der Waals surface area contributed by atoms with E-state index in [2.05, 4.69) is 15.6 Å². The van der Waals surface area contributed by atoms with E-state index in [1.165, 1.54) is 0 Å². The Morgan fingerprint density at radius 3 is 2.26 bits per heavy atom. The van der Waals surface area contributed by atoms with Crippen LogP contribution in [0.2, 0.25) is 0 Å². The van der Waals surface area contributed by atoms with Crippen molar-refractivity contribution in [3.8, 4) is 5.75 Å². The molecule has 0 aliphatic carbocycles. The van der Waals surface area contributed by atoms with Crippen molar-refractivity contribution < 1.29 is 9.53 Å². The van der Waals surface area contributed by atoms with Crippen LogP contribution in [0.5, 0.6) is 5.75 Å². The Bertz CT molecular complexity index is 904. The summed E-state index contributed by atoms with van der Waals surface area (Å²) < 4.78 is 5.64. The first-order chi connectivity index (χ1) is 13.0. The first-order valence-corrected chi connectivity index (χ1v) is 8.86. The maximum absolute atomic E-state index is 12.5. The number of anilines is 3. The summed E-state index contributed by atoms with van der Waals surface area (Å²) in [5, 5.41) is 6.13. The summed E-state index contributed by atoms with van der Waals surface area (Å²) in [6.07, 6.45) is 3.37. The van der Waals surface area contributed by atoms with Gasteiger partial charge in [-0.15, -0.1) is 0 Å². The molecule has 1 heterocycles. The van der Waals surface area contributed by atoms with Crippen molar-refractivity contribution in [2.75, 3.05) is 10.6 Å². The van der Waals surface area contributed by atoms with Crippen LogP contribution in [0.25, 0.3) is 0 Å². The third kappa shape index (κ3) is 5.31. The Labute approximate surface area is 159 Å². The van der Waals surface area contributed by atoms with Gasteiger partial charge in [0.25, 0.3) is 5.91 Å². The van der Waals surface area contributed by atoms with Gasteiger partial charge < -0.3 is 15.4 Å². The van der Waals surface area contributed by atoms with E-state index in [-0.39, 0.29) is 12.0 Å². The number of hydrogen-bond donors (Lipinski definition) is 2. The van der Waals surface area contributed by atoms with Crippen LogP contribution in [0, 0.1) is 6.92 Å². The van der Waals surface area contributed by atoms with Crippen molar-refractivity contribution >= 4 is 23.0 Å². The molecule has 2 aromatic carbocycles. The van der Waals surface area contributed by atoms with Gasteiger partial charge >= 0.3 is 0 Å². The van der Waals surface area contributed by atoms with E-state index in [0.29, 0.717) is 5.56 Å². The highest BCUT2D eigenvalue weighted by Crippen LogP contribution is 2.21. The van der Waals surface area contributed by atoms with E-state index in [9.17, 15) is 4.79 Å². The molecular formula is C22H23N3O2. The van der Waals surface area contributed by atoms with Crippen LogP contribution >= 0.6 is 0 Å². The largest absolute Gasteiger partial charge is 0.491 e. The number of hydrogen-bond acceptors (Lipinski definition) is 4. The van der Waals surface area contributed by atoms with E-state index in [1.54, 1.807) is 18.5 Å². The summed E-state index contributed by atoms with van der Waals surface area (Å²) in [4.78, 5) is 16.6. The summed E-state index contributed by atoms with van der Waals surface area (Å²) in [5.41, 5.74) is 4.02. The fourth-order valence-electron chi connectivity index (χ4n) is 2.53. The first kappa shape index (κ1) is 18.5. The Balaban J connectivity index is 1.67. The Kier molecular flexibility index (Phi) is 5.71. The van der Waals surface area contributed by atoms with Crippen LogP contribution in [-0.4, -0.2) is 17.0 Å². The molecule has 0 atom stereocenters. The normalized spacial score (nSPS) is 10.5. The van der Waals surface area contributed by atoms with Gasteiger partial charge in [-0.2, -0.15) is 0 Å². The molecule has 0 bridgehead atoms. The van der Waals surface area contributed by atoms with E-state index in [4.69, 9.17) is 4.74 Å². The molecule has 0 saturated heterocycles. The van der Waals surface area contributed by atoms with Crippen molar-refractivity contribution in [2.45, 2.75) is 26.9 Å². The van der Waals surface area contributed by atoms with Gasteiger partial charge in [0.1, 0.15) is 5.75 Å². The van der Waals surface area contributed by atoms with E-state index in [1.807, 2.05) is 69.3 Å². The third-order valence-corrected chi connectivity index (χ3v) is 3.82. The number of ether oxygens (including phenoxy) is 1. The molecule has 138 valence electrons. The summed E-state index contributed by atoms with van der Waals surface area (Å²) in [5.74, 6) is 0.621. The van der Waals surface area contributed by atoms with Gasteiger partial charge in [-0.1, -0.05) is 17.7 Å². The molecule has 0 radical (unpaired) electrons. The smallest absolute Gasteiger partial charge is 0.257 e. The predicted octanol–water partition coefficient (Wildman–Crippen LogP) is 5.17. The quantitative estimate of drug-likeness (QED) is 0.635. The fourth-order valence-corrected chi connectivity index (χ4v) is 2.53. The van der Waals surface area contributed by atoms with Crippen molar-refractivity contribution in [3.05, 3.63) is 78.1 Å². The summed E-state index contributed by atoms with van der Waals surface area (Å²) in [6, 6.07) is 17.1. The molecule has 0 fully saturated rings. The molecule has 0 aliphatic rings. The molecule has 0 saturated carbocycles. The second-order valence-corrected chi connectivity index (χ2v) is 6.60. The highest BCUT2D eigenvalue weighted by molar-refractivity contribution is 6.04. The highest BCUT2D eigenvalue weighted by Gasteiger charge is 2.08. The standard InChI is InChI=1S/C22H23N3O2/c1-15(2)27-21-10-8-18(9-11-21)24-20-12-17(13-23-14-20)22(26)25-19-6-4-16(3)5-7-19/h4-15,24H,1-3H3,(H,25,26). The maximum Gasteiger partial charge on any atom is 0.257 e. The van der Waals surface area contributed by atoms with Gasteiger partial charge in [0.2, 0.25) is 0 Å². The maximum atomic E-state index is 12.5. The summed E-state index contributed by atoms with van der Waals surface area (Å²) >= 11 is 0. The van der Waals surface area contributed by atoms with Crippen molar-refractivity contribution in [1.82, 2.24) is 4.98 Å². The Hall–Kier alpha value is -3.34. The van der Waals surface area contributed by atoms with Gasteiger partial charge in [-0.25, -0.2) is 0 Å². The molecule has 3 rings (SSSR count).